The number of halogens is 2. The molecule has 0 aliphatic carbocycles. The minimum Gasteiger partial charge on any atom is -0.267 e. The van der Waals surface area contributed by atoms with E-state index in [2.05, 4.69) is 4.99 Å². The molecule has 0 saturated carbocycles. The zero-order valence-corrected chi connectivity index (χ0v) is 8.77. The van der Waals surface area contributed by atoms with Crippen LogP contribution in [0.2, 0.25) is 5.02 Å². The van der Waals surface area contributed by atoms with Gasteiger partial charge >= 0.3 is 0 Å². The molecule has 4 heteroatoms. The number of hydrogen-bond acceptors (Lipinski definition) is 1. The lowest BCUT2D eigenvalue weighted by atomic mass is 10.1. The standard InChI is InChI=1S/C10H7Cl2NO/c11-4-3-8-7-2-1-6(12)5-9(7)13-10(8)14/h1-2,5H,3-4H2. The van der Waals surface area contributed by atoms with Gasteiger partial charge < -0.3 is 0 Å². The van der Waals surface area contributed by atoms with Crippen LogP contribution in [0.1, 0.15) is 6.42 Å². The Hall–Kier alpha value is -0.860. The van der Waals surface area contributed by atoms with Crippen LogP contribution >= 0.6 is 23.2 Å². The molecule has 1 aromatic rings. The van der Waals surface area contributed by atoms with Crippen molar-refractivity contribution in [3.8, 4) is 0 Å². The third kappa shape index (κ3) is 1.56. The molecule has 1 heterocycles. The molecule has 0 bridgehead atoms. The maximum atomic E-state index is 11.4. The van der Waals surface area contributed by atoms with E-state index in [4.69, 9.17) is 23.2 Å². The quantitative estimate of drug-likeness (QED) is 0.701. The molecule has 0 fully saturated rings. The monoisotopic (exact) mass is 227 g/mol. The molecule has 1 aliphatic rings. The van der Waals surface area contributed by atoms with Gasteiger partial charge in [-0.25, -0.2) is 4.99 Å². The molecule has 0 aromatic heterocycles. The van der Waals surface area contributed by atoms with Crippen molar-refractivity contribution < 1.29 is 4.79 Å². The fourth-order valence-corrected chi connectivity index (χ4v) is 1.84. The van der Waals surface area contributed by atoms with Crippen molar-refractivity contribution in [1.82, 2.24) is 0 Å². The van der Waals surface area contributed by atoms with Gasteiger partial charge in [0.2, 0.25) is 0 Å². The summed E-state index contributed by atoms with van der Waals surface area (Å²) in [6.07, 6.45) is 0.554. The summed E-state index contributed by atoms with van der Waals surface area (Å²) in [5.41, 5.74) is 0.687. The number of fused-ring (bicyclic) bond motifs is 1. The Morgan fingerprint density at radius 1 is 1.36 bits per heavy atom. The SMILES string of the molecule is O=C1N=c2cc(Cl)ccc2=C1CCCl. The minimum atomic E-state index is -0.192. The van der Waals surface area contributed by atoms with Crippen molar-refractivity contribution >= 4 is 34.7 Å². The highest BCUT2D eigenvalue weighted by Gasteiger charge is 2.15. The molecule has 1 amide bonds. The third-order valence-corrected chi connectivity index (χ3v) is 2.53. The summed E-state index contributed by atoms with van der Waals surface area (Å²) >= 11 is 11.4. The van der Waals surface area contributed by atoms with E-state index in [0.29, 0.717) is 28.3 Å². The van der Waals surface area contributed by atoms with Gasteiger partial charge in [-0.2, -0.15) is 0 Å². The van der Waals surface area contributed by atoms with Crippen LogP contribution < -0.4 is 10.6 Å². The van der Waals surface area contributed by atoms with E-state index in [1.807, 2.05) is 6.07 Å². The number of rotatable bonds is 2. The zero-order valence-electron chi connectivity index (χ0n) is 7.26. The maximum Gasteiger partial charge on any atom is 0.274 e. The Morgan fingerprint density at radius 3 is 2.86 bits per heavy atom. The van der Waals surface area contributed by atoms with Crippen LogP contribution in [0.5, 0.6) is 0 Å². The van der Waals surface area contributed by atoms with Gasteiger partial charge in [-0.15, -0.1) is 11.6 Å². The van der Waals surface area contributed by atoms with Crippen LogP contribution in [0.3, 0.4) is 0 Å². The Labute approximate surface area is 90.9 Å². The predicted molar refractivity (Wildman–Crippen MR) is 56.0 cm³/mol. The van der Waals surface area contributed by atoms with Crippen LogP contribution in [0, 0.1) is 0 Å². The Balaban J connectivity index is 2.70. The smallest absolute Gasteiger partial charge is 0.267 e. The van der Waals surface area contributed by atoms with Gasteiger partial charge in [0.05, 0.1) is 5.36 Å². The first-order chi connectivity index (χ1) is 6.72. The summed E-state index contributed by atoms with van der Waals surface area (Å²) in [6.45, 7) is 0. The molecule has 0 spiro atoms. The van der Waals surface area contributed by atoms with Gasteiger partial charge in [0.25, 0.3) is 5.91 Å². The molecule has 72 valence electrons. The van der Waals surface area contributed by atoms with E-state index in [9.17, 15) is 4.79 Å². The third-order valence-electron chi connectivity index (χ3n) is 2.11. The second-order valence-corrected chi connectivity index (χ2v) is 3.81. The minimum absolute atomic E-state index is 0.192. The largest absolute Gasteiger partial charge is 0.274 e. The highest BCUT2D eigenvalue weighted by atomic mass is 35.5. The van der Waals surface area contributed by atoms with Crippen LogP contribution in [-0.4, -0.2) is 11.8 Å². The summed E-state index contributed by atoms with van der Waals surface area (Å²) < 4.78 is 0. The second kappa shape index (κ2) is 3.71. The number of alkyl halides is 1. The summed E-state index contributed by atoms with van der Waals surface area (Å²) in [5.74, 6) is 0.237. The molecule has 2 nitrogen and oxygen atoms in total. The highest BCUT2D eigenvalue weighted by molar-refractivity contribution is 6.30. The topological polar surface area (TPSA) is 29.4 Å². The lowest BCUT2D eigenvalue weighted by Gasteiger charge is -1.93. The van der Waals surface area contributed by atoms with Crippen LogP contribution in [0.4, 0.5) is 0 Å². The van der Waals surface area contributed by atoms with Gasteiger partial charge in [-0.3, -0.25) is 4.79 Å². The van der Waals surface area contributed by atoms with E-state index in [0.717, 1.165) is 5.22 Å². The van der Waals surface area contributed by atoms with Crippen molar-refractivity contribution in [2.45, 2.75) is 6.42 Å². The first-order valence-corrected chi connectivity index (χ1v) is 5.11. The number of benzene rings is 1. The van der Waals surface area contributed by atoms with Crippen LogP contribution in [0.15, 0.2) is 23.2 Å². The molecule has 1 aliphatic heterocycles. The molecule has 0 unspecified atom stereocenters. The Kier molecular flexibility index (Phi) is 2.57. The Bertz CT molecular complexity index is 507. The fraction of sp³-hybridized carbons (Fsp3) is 0.200. The van der Waals surface area contributed by atoms with Crippen molar-refractivity contribution in [3.05, 3.63) is 33.8 Å². The van der Waals surface area contributed by atoms with Gasteiger partial charge in [0.15, 0.2) is 0 Å². The fourth-order valence-electron chi connectivity index (χ4n) is 1.48. The van der Waals surface area contributed by atoms with Crippen LogP contribution in [-0.2, 0) is 4.79 Å². The lowest BCUT2D eigenvalue weighted by Crippen LogP contribution is -2.22. The first kappa shape index (κ1) is 9.69. The molecular formula is C10H7Cl2NO. The molecule has 1 aromatic carbocycles. The predicted octanol–water partition coefficient (Wildman–Crippen LogP) is 1.28. The van der Waals surface area contributed by atoms with Crippen molar-refractivity contribution in [2.24, 2.45) is 4.99 Å². The second-order valence-electron chi connectivity index (χ2n) is 3.00. The van der Waals surface area contributed by atoms with E-state index in [-0.39, 0.29) is 5.91 Å². The Morgan fingerprint density at radius 2 is 2.14 bits per heavy atom. The average molecular weight is 228 g/mol. The van der Waals surface area contributed by atoms with Crippen molar-refractivity contribution in [1.29, 1.82) is 0 Å². The van der Waals surface area contributed by atoms with E-state index in [1.165, 1.54) is 0 Å². The molecule has 0 N–H and O–H groups in total. The summed E-state index contributed by atoms with van der Waals surface area (Å²) in [4.78, 5) is 15.3. The highest BCUT2D eigenvalue weighted by Crippen LogP contribution is 2.08. The van der Waals surface area contributed by atoms with Crippen LogP contribution in [0.25, 0.3) is 5.57 Å². The van der Waals surface area contributed by atoms with E-state index in [1.54, 1.807) is 12.1 Å². The summed E-state index contributed by atoms with van der Waals surface area (Å²) in [5, 5.41) is 2.11. The normalized spacial score (nSPS) is 14.1. The number of hydrogen-bond donors (Lipinski definition) is 0. The first-order valence-electron chi connectivity index (χ1n) is 4.20. The number of amides is 1. The van der Waals surface area contributed by atoms with Gasteiger partial charge in [-0.1, -0.05) is 17.7 Å². The lowest BCUT2D eigenvalue weighted by molar-refractivity contribution is -0.112. The zero-order chi connectivity index (χ0) is 10.1. The van der Waals surface area contributed by atoms with Gasteiger partial charge in [-0.05, 0) is 18.6 Å². The molecule has 14 heavy (non-hydrogen) atoms. The molecule has 2 rings (SSSR count). The molecular weight excluding hydrogens is 221 g/mol. The number of nitrogens with zero attached hydrogens (tertiary/aromatic N) is 1. The van der Waals surface area contributed by atoms with Gasteiger partial charge in [0, 0.05) is 21.7 Å². The summed E-state index contributed by atoms with van der Waals surface area (Å²) in [7, 11) is 0. The van der Waals surface area contributed by atoms with Crippen molar-refractivity contribution in [2.75, 3.05) is 5.88 Å². The molecule has 0 atom stereocenters. The average Bonchev–Trinajstić information content (AvgIpc) is 2.43. The van der Waals surface area contributed by atoms with Gasteiger partial charge in [0.1, 0.15) is 0 Å². The van der Waals surface area contributed by atoms with E-state index < -0.39 is 0 Å². The van der Waals surface area contributed by atoms with E-state index >= 15 is 0 Å². The molecule has 0 radical (unpaired) electrons. The maximum absolute atomic E-state index is 11.4. The number of carbonyl (C=O) groups is 1. The van der Waals surface area contributed by atoms with Crippen molar-refractivity contribution in [3.63, 3.8) is 0 Å². The number of carbonyl (C=O) groups excluding carboxylic acids is 1. The summed E-state index contributed by atoms with van der Waals surface area (Å²) in [6, 6.07) is 5.26. The molecule has 0 saturated heterocycles.